The van der Waals surface area contributed by atoms with E-state index in [-0.39, 0.29) is 12.7 Å². The highest BCUT2D eigenvalue weighted by molar-refractivity contribution is 9.10. The van der Waals surface area contributed by atoms with Crippen LogP contribution in [-0.4, -0.2) is 37.8 Å². The van der Waals surface area contributed by atoms with E-state index >= 15 is 0 Å². The molecule has 1 fully saturated rings. The minimum atomic E-state index is -0.259. The Labute approximate surface area is 110 Å². The normalized spacial score (nSPS) is 19.2. The van der Waals surface area contributed by atoms with Crippen molar-refractivity contribution in [2.24, 2.45) is 0 Å². The van der Waals surface area contributed by atoms with Gasteiger partial charge in [0.05, 0.1) is 6.67 Å². The summed E-state index contributed by atoms with van der Waals surface area (Å²) in [6, 6.07) is 8.46. The fourth-order valence-corrected chi connectivity index (χ4v) is 2.61. The van der Waals surface area contributed by atoms with Crippen LogP contribution >= 0.6 is 15.9 Å². The van der Waals surface area contributed by atoms with Crippen LogP contribution in [0.3, 0.4) is 0 Å². The lowest BCUT2D eigenvalue weighted by Crippen LogP contribution is -2.45. The van der Waals surface area contributed by atoms with Crippen LogP contribution in [0.5, 0.6) is 0 Å². The van der Waals surface area contributed by atoms with Crippen molar-refractivity contribution in [2.75, 3.05) is 32.9 Å². The van der Waals surface area contributed by atoms with Gasteiger partial charge in [0.1, 0.15) is 0 Å². The third kappa shape index (κ3) is 3.50. The van der Waals surface area contributed by atoms with Crippen molar-refractivity contribution < 1.29 is 4.39 Å². The lowest BCUT2D eigenvalue weighted by atomic mass is 10.0. The fraction of sp³-hybridized carbons (Fsp3) is 0.538. The summed E-state index contributed by atoms with van der Waals surface area (Å²) in [7, 11) is 0. The molecule has 1 N–H and O–H groups in total. The van der Waals surface area contributed by atoms with Crippen LogP contribution in [0.1, 0.15) is 18.0 Å². The topological polar surface area (TPSA) is 15.3 Å². The Morgan fingerprint density at radius 1 is 1.24 bits per heavy atom. The van der Waals surface area contributed by atoms with Crippen molar-refractivity contribution in [2.45, 2.75) is 12.5 Å². The minimum Gasteiger partial charge on any atom is -0.314 e. The van der Waals surface area contributed by atoms with Gasteiger partial charge in [-0.05, 0) is 24.1 Å². The van der Waals surface area contributed by atoms with E-state index in [1.54, 1.807) is 0 Å². The predicted molar refractivity (Wildman–Crippen MR) is 71.9 cm³/mol. The maximum absolute atomic E-state index is 12.7. The largest absolute Gasteiger partial charge is 0.314 e. The first kappa shape index (κ1) is 13.0. The third-order valence-corrected chi connectivity index (χ3v) is 3.76. The van der Waals surface area contributed by atoms with Crippen LogP contribution in [-0.2, 0) is 0 Å². The van der Waals surface area contributed by atoms with Gasteiger partial charge in [-0.15, -0.1) is 0 Å². The van der Waals surface area contributed by atoms with Gasteiger partial charge in [0.15, 0.2) is 0 Å². The number of nitrogens with zero attached hydrogens (tertiary/aromatic N) is 1. The Kier molecular flexibility index (Phi) is 4.95. The van der Waals surface area contributed by atoms with Gasteiger partial charge in [-0.2, -0.15) is 0 Å². The third-order valence-electron chi connectivity index (χ3n) is 3.23. The summed E-state index contributed by atoms with van der Waals surface area (Å²) in [6.45, 7) is 3.74. The second-order valence-electron chi connectivity index (χ2n) is 4.33. The molecule has 1 saturated heterocycles. The Balaban J connectivity index is 2.12. The van der Waals surface area contributed by atoms with E-state index in [1.165, 1.54) is 5.56 Å². The molecular formula is C13H18BrFN2. The van der Waals surface area contributed by atoms with E-state index in [1.807, 2.05) is 12.1 Å². The number of piperazine rings is 1. The maximum atomic E-state index is 12.7. The smallest absolute Gasteiger partial charge is 0.0912 e. The minimum absolute atomic E-state index is 0.218. The number of benzene rings is 1. The summed E-state index contributed by atoms with van der Waals surface area (Å²) in [5.74, 6) is 0. The number of rotatable bonds is 4. The summed E-state index contributed by atoms with van der Waals surface area (Å²) in [6.07, 6.45) is 0.585. The van der Waals surface area contributed by atoms with E-state index in [9.17, 15) is 4.39 Å². The number of nitrogens with one attached hydrogen (secondary N) is 1. The van der Waals surface area contributed by atoms with Gasteiger partial charge >= 0.3 is 0 Å². The second-order valence-corrected chi connectivity index (χ2v) is 5.25. The molecule has 17 heavy (non-hydrogen) atoms. The molecule has 0 amide bonds. The van der Waals surface area contributed by atoms with Crippen molar-refractivity contribution in [3.63, 3.8) is 0 Å². The Morgan fingerprint density at radius 3 is 2.47 bits per heavy atom. The molecule has 0 saturated carbocycles. The van der Waals surface area contributed by atoms with Crippen LogP contribution in [0.25, 0.3) is 0 Å². The lowest BCUT2D eigenvalue weighted by Gasteiger charge is -2.34. The molecule has 0 aliphatic carbocycles. The molecule has 0 unspecified atom stereocenters. The van der Waals surface area contributed by atoms with Gasteiger partial charge in [0.25, 0.3) is 0 Å². The summed E-state index contributed by atoms with van der Waals surface area (Å²) in [5.41, 5.74) is 1.22. The zero-order valence-electron chi connectivity index (χ0n) is 9.83. The molecule has 4 heteroatoms. The van der Waals surface area contributed by atoms with Gasteiger partial charge in [-0.3, -0.25) is 9.29 Å². The van der Waals surface area contributed by atoms with Gasteiger partial charge in [-0.1, -0.05) is 28.1 Å². The molecule has 0 aromatic heterocycles. The molecule has 1 aliphatic rings. The zero-order valence-corrected chi connectivity index (χ0v) is 11.4. The molecule has 2 rings (SSSR count). The first-order valence-electron chi connectivity index (χ1n) is 6.07. The predicted octanol–water partition coefficient (Wildman–Crippen LogP) is 2.76. The number of alkyl halides is 1. The van der Waals surface area contributed by atoms with Crippen LogP contribution in [0.15, 0.2) is 28.7 Å². The van der Waals surface area contributed by atoms with Gasteiger partial charge in [-0.25, -0.2) is 0 Å². The van der Waals surface area contributed by atoms with E-state index in [4.69, 9.17) is 0 Å². The average Bonchev–Trinajstić information content (AvgIpc) is 2.38. The SMILES string of the molecule is FCC[C@H](c1ccc(Br)cc1)N1CCNCC1. The number of hydrogen-bond donors (Lipinski definition) is 1. The van der Waals surface area contributed by atoms with Crippen molar-refractivity contribution in [1.29, 1.82) is 0 Å². The van der Waals surface area contributed by atoms with Crippen molar-refractivity contribution in [3.8, 4) is 0 Å². The molecule has 0 bridgehead atoms. The Morgan fingerprint density at radius 2 is 1.88 bits per heavy atom. The summed E-state index contributed by atoms with van der Waals surface area (Å²) >= 11 is 3.43. The fourth-order valence-electron chi connectivity index (χ4n) is 2.34. The number of halogens is 2. The summed E-state index contributed by atoms with van der Waals surface area (Å²) in [4.78, 5) is 2.37. The van der Waals surface area contributed by atoms with Gasteiger partial charge in [0.2, 0.25) is 0 Å². The molecule has 1 aromatic rings. The highest BCUT2D eigenvalue weighted by Crippen LogP contribution is 2.26. The van der Waals surface area contributed by atoms with Gasteiger partial charge < -0.3 is 5.32 Å². The summed E-state index contributed by atoms with van der Waals surface area (Å²) in [5, 5.41) is 3.33. The molecule has 2 nitrogen and oxygen atoms in total. The molecule has 1 aromatic carbocycles. The maximum Gasteiger partial charge on any atom is 0.0912 e. The number of hydrogen-bond acceptors (Lipinski definition) is 2. The first-order chi connectivity index (χ1) is 8.31. The zero-order chi connectivity index (χ0) is 12.1. The molecule has 1 atom stereocenters. The molecule has 1 heterocycles. The standard InChI is InChI=1S/C13H18BrFN2/c14-12-3-1-11(2-4-12)13(5-6-15)17-9-7-16-8-10-17/h1-4,13,16H,5-10H2/t13-/m1/s1. The van der Waals surface area contributed by atoms with Crippen LogP contribution < -0.4 is 5.32 Å². The highest BCUT2D eigenvalue weighted by atomic mass is 79.9. The van der Waals surface area contributed by atoms with E-state index in [0.717, 1.165) is 30.7 Å². The van der Waals surface area contributed by atoms with Crippen LogP contribution in [0.4, 0.5) is 4.39 Å². The second kappa shape index (κ2) is 6.47. The van der Waals surface area contributed by atoms with E-state index in [2.05, 4.69) is 38.3 Å². The first-order valence-corrected chi connectivity index (χ1v) is 6.87. The van der Waals surface area contributed by atoms with Gasteiger partial charge in [0, 0.05) is 36.7 Å². The Hall–Kier alpha value is -0.450. The molecule has 0 radical (unpaired) electrons. The van der Waals surface area contributed by atoms with Crippen LogP contribution in [0.2, 0.25) is 0 Å². The average molecular weight is 301 g/mol. The lowest BCUT2D eigenvalue weighted by molar-refractivity contribution is 0.157. The Bertz CT molecular complexity index is 336. The molecule has 1 aliphatic heterocycles. The van der Waals surface area contributed by atoms with E-state index < -0.39 is 0 Å². The monoisotopic (exact) mass is 300 g/mol. The van der Waals surface area contributed by atoms with Crippen LogP contribution in [0, 0.1) is 0 Å². The van der Waals surface area contributed by atoms with E-state index in [0.29, 0.717) is 6.42 Å². The van der Waals surface area contributed by atoms with Crippen molar-refractivity contribution >= 4 is 15.9 Å². The molecular weight excluding hydrogens is 283 g/mol. The van der Waals surface area contributed by atoms with Crippen molar-refractivity contribution in [1.82, 2.24) is 10.2 Å². The quantitative estimate of drug-likeness (QED) is 0.920. The molecule has 94 valence electrons. The summed E-state index contributed by atoms with van der Waals surface area (Å²) < 4.78 is 13.8. The van der Waals surface area contributed by atoms with Crippen molar-refractivity contribution in [3.05, 3.63) is 34.3 Å². The highest BCUT2D eigenvalue weighted by Gasteiger charge is 2.21. The molecule has 0 spiro atoms.